The molecular weight excluding hydrogens is 435 g/mol. The van der Waals surface area contributed by atoms with Gasteiger partial charge in [-0.25, -0.2) is 4.39 Å². The number of aromatic nitrogens is 3. The van der Waals surface area contributed by atoms with Crippen molar-refractivity contribution < 1.29 is 13.9 Å². The van der Waals surface area contributed by atoms with Gasteiger partial charge in [-0.2, -0.15) is 0 Å². The third-order valence-corrected chi connectivity index (χ3v) is 6.41. The first-order chi connectivity index (χ1) is 15.2. The van der Waals surface area contributed by atoms with E-state index >= 15 is 0 Å². The molecule has 0 spiro atoms. The molecule has 0 unspecified atom stereocenters. The number of ether oxygens (including phenoxy) is 1. The van der Waals surface area contributed by atoms with E-state index in [0.29, 0.717) is 10.9 Å². The molecule has 1 atom stereocenters. The van der Waals surface area contributed by atoms with Crippen molar-refractivity contribution in [2.24, 2.45) is 0 Å². The molecule has 2 aromatic heterocycles. The number of halogens is 1. The van der Waals surface area contributed by atoms with Gasteiger partial charge in [-0.1, -0.05) is 42.1 Å². The summed E-state index contributed by atoms with van der Waals surface area (Å²) < 4.78 is 20.5. The summed E-state index contributed by atoms with van der Waals surface area (Å²) in [6.45, 7) is 0. The summed E-state index contributed by atoms with van der Waals surface area (Å²) >= 11 is 2.81. The third-order valence-electron chi connectivity index (χ3n) is 4.53. The molecule has 1 N–H and O–H groups in total. The Bertz CT molecular complexity index is 1150. The molecule has 0 aliphatic heterocycles. The maximum atomic E-state index is 13.4. The first-order valence-corrected chi connectivity index (χ1v) is 11.3. The minimum atomic E-state index is -0.346. The monoisotopic (exact) mass is 454 g/mol. The summed E-state index contributed by atoms with van der Waals surface area (Å²) in [4.78, 5) is 13.7. The normalized spacial score (nSPS) is 11.8. The first kappa shape index (κ1) is 21.1. The van der Waals surface area contributed by atoms with E-state index in [1.165, 1.54) is 35.2 Å². The Labute approximate surface area is 187 Å². The molecule has 0 aliphatic carbocycles. The molecule has 4 rings (SSSR count). The minimum Gasteiger partial charge on any atom is -0.495 e. The van der Waals surface area contributed by atoms with Gasteiger partial charge in [0.2, 0.25) is 5.91 Å². The van der Waals surface area contributed by atoms with Crippen molar-refractivity contribution in [2.75, 3.05) is 12.9 Å². The van der Waals surface area contributed by atoms with Crippen LogP contribution in [0.15, 0.2) is 77.5 Å². The van der Waals surface area contributed by atoms with E-state index in [9.17, 15) is 9.18 Å². The molecule has 6 nitrogen and oxygen atoms in total. The van der Waals surface area contributed by atoms with Crippen molar-refractivity contribution >= 4 is 29.0 Å². The van der Waals surface area contributed by atoms with Crippen molar-refractivity contribution in [2.45, 2.75) is 11.2 Å². The number of amides is 1. The standard InChI is InChI=1S/C22H19FN4O2S2/c1-29-18-6-3-2-5-17(18)27-14-24-26-22(27)31-13-20(28)25-21(19-7-4-12-30-19)15-8-10-16(23)11-9-15/h2-12,14,21H,13H2,1H3,(H,25,28)/t21-/m1/s1. The lowest BCUT2D eigenvalue weighted by Gasteiger charge is -2.18. The zero-order chi connectivity index (χ0) is 21.6. The molecule has 0 bridgehead atoms. The quantitative estimate of drug-likeness (QED) is 0.398. The maximum absolute atomic E-state index is 13.4. The van der Waals surface area contributed by atoms with E-state index in [0.717, 1.165) is 16.1 Å². The average molecular weight is 455 g/mol. The van der Waals surface area contributed by atoms with Crippen molar-refractivity contribution in [3.63, 3.8) is 0 Å². The van der Waals surface area contributed by atoms with Crippen LogP contribution in [0, 0.1) is 5.82 Å². The predicted molar refractivity (Wildman–Crippen MR) is 119 cm³/mol. The zero-order valence-electron chi connectivity index (χ0n) is 16.6. The molecule has 0 radical (unpaired) electrons. The summed E-state index contributed by atoms with van der Waals surface area (Å²) in [5.74, 6) is 0.355. The Morgan fingerprint density at radius 3 is 2.74 bits per heavy atom. The maximum Gasteiger partial charge on any atom is 0.231 e. The fourth-order valence-corrected chi connectivity index (χ4v) is 4.61. The van der Waals surface area contributed by atoms with Crippen LogP contribution in [0.25, 0.3) is 5.69 Å². The smallest absolute Gasteiger partial charge is 0.231 e. The van der Waals surface area contributed by atoms with Crippen LogP contribution in [-0.2, 0) is 4.79 Å². The molecule has 0 fully saturated rings. The zero-order valence-corrected chi connectivity index (χ0v) is 18.2. The van der Waals surface area contributed by atoms with Gasteiger partial charge in [0.25, 0.3) is 0 Å². The highest BCUT2D eigenvalue weighted by molar-refractivity contribution is 7.99. The van der Waals surface area contributed by atoms with Crippen molar-refractivity contribution in [1.82, 2.24) is 20.1 Å². The highest BCUT2D eigenvalue weighted by atomic mass is 32.2. The Kier molecular flexibility index (Phi) is 6.63. The van der Waals surface area contributed by atoms with Crippen LogP contribution in [0.1, 0.15) is 16.5 Å². The highest BCUT2D eigenvalue weighted by Gasteiger charge is 2.19. The summed E-state index contributed by atoms with van der Waals surface area (Å²) in [6, 6.07) is 17.2. The number of rotatable bonds is 8. The topological polar surface area (TPSA) is 69.0 Å². The Hall–Kier alpha value is -3.17. The van der Waals surface area contributed by atoms with Gasteiger partial charge in [0.15, 0.2) is 5.16 Å². The molecule has 31 heavy (non-hydrogen) atoms. The van der Waals surface area contributed by atoms with Gasteiger partial charge in [-0.3, -0.25) is 9.36 Å². The van der Waals surface area contributed by atoms with E-state index in [-0.39, 0.29) is 23.5 Å². The van der Waals surface area contributed by atoms with Gasteiger partial charge >= 0.3 is 0 Å². The van der Waals surface area contributed by atoms with E-state index in [1.807, 2.05) is 41.8 Å². The number of thioether (sulfide) groups is 1. The van der Waals surface area contributed by atoms with Gasteiger partial charge in [0.1, 0.15) is 17.9 Å². The Morgan fingerprint density at radius 2 is 2.00 bits per heavy atom. The minimum absolute atomic E-state index is 0.150. The molecule has 4 aromatic rings. The number of para-hydroxylation sites is 2. The predicted octanol–water partition coefficient (Wildman–Crippen LogP) is 4.47. The Morgan fingerprint density at radius 1 is 1.19 bits per heavy atom. The van der Waals surface area contributed by atoms with Gasteiger partial charge in [0.05, 0.1) is 24.6 Å². The van der Waals surface area contributed by atoms with Crippen LogP contribution in [0.5, 0.6) is 5.75 Å². The molecular formula is C22H19FN4O2S2. The van der Waals surface area contributed by atoms with Crippen molar-refractivity contribution in [1.29, 1.82) is 0 Å². The number of nitrogens with one attached hydrogen (secondary N) is 1. The molecule has 2 heterocycles. The number of hydrogen-bond acceptors (Lipinski definition) is 6. The van der Waals surface area contributed by atoms with Crippen molar-refractivity contribution in [3.8, 4) is 11.4 Å². The van der Waals surface area contributed by atoms with E-state index in [1.54, 1.807) is 30.1 Å². The second-order valence-electron chi connectivity index (χ2n) is 6.51. The van der Waals surface area contributed by atoms with Gasteiger partial charge in [0, 0.05) is 4.88 Å². The number of benzene rings is 2. The second-order valence-corrected chi connectivity index (χ2v) is 8.43. The fourth-order valence-electron chi connectivity index (χ4n) is 3.08. The molecule has 0 aliphatic rings. The fraction of sp³-hybridized carbons (Fsp3) is 0.136. The molecule has 2 aromatic carbocycles. The van der Waals surface area contributed by atoms with Crippen LogP contribution in [0.3, 0.4) is 0 Å². The van der Waals surface area contributed by atoms with Gasteiger partial charge in [-0.05, 0) is 41.3 Å². The number of nitrogens with zero attached hydrogens (tertiary/aromatic N) is 3. The van der Waals surface area contributed by atoms with Crippen LogP contribution in [0.2, 0.25) is 0 Å². The summed E-state index contributed by atoms with van der Waals surface area (Å²) in [5, 5.41) is 13.7. The number of carbonyl (C=O) groups excluding carboxylic acids is 1. The summed E-state index contributed by atoms with van der Waals surface area (Å²) in [6.07, 6.45) is 1.59. The summed E-state index contributed by atoms with van der Waals surface area (Å²) in [7, 11) is 1.60. The van der Waals surface area contributed by atoms with Gasteiger partial charge in [-0.15, -0.1) is 21.5 Å². The van der Waals surface area contributed by atoms with E-state index in [4.69, 9.17) is 4.74 Å². The van der Waals surface area contributed by atoms with E-state index in [2.05, 4.69) is 15.5 Å². The number of methoxy groups -OCH3 is 1. The van der Waals surface area contributed by atoms with Crippen LogP contribution >= 0.6 is 23.1 Å². The van der Waals surface area contributed by atoms with Crippen molar-refractivity contribution in [3.05, 3.63) is 88.6 Å². The number of hydrogen-bond donors (Lipinski definition) is 1. The molecule has 0 saturated carbocycles. The SMILES string of the molecule is COc1ccccc1-n1cnnc1SCC(=O)N[C@H](c1ccc(F)cc1)c1cccs1. The lowest BCUT2D eigenvalue weighted by Crippen LogP contribution is -2.30. The molecule has 1 amide bonds. The molecule has 9 heteroatoms. The highest BCUT2D eigenvalue weighted by Crippen LogP contribution is 2.28. The third kappa shape index (κ3) is 4.95. The van der Waals surface area contributed by atoms with Gasteiger partial charge < -0.3 is 10.1 Å². The second kappa shape index (κ2) is 9.76. The lowest BCUT2D eigenvalue weighted by molar-refractivity contribution is -0.119. The largest absolute Gasteiger partial charge is 0.495 e. The molecule has 158 valence electrons. The van der Waals surface area contributed by atoms with Crippen LogP contribution in [0.4, 0.5) is 4.39 Å². The number of thiophene rings is 1. The summed E-state index contributed by atoms with van der Waals surface area (Å²) in [5.41, 5.74) is 1.61. The average Bonchev–Trinajstić information content (AvgIpc) is 3.49. The molecule has 0 saturated heterocycles. The van der Waals surface area contributed by atoms with Crippen LogP contribution < -0.4 is 10.1 Å². The van der Waals surface area contributed by atoms with Crippen LogP contribution in [-0.4, -0.2) is 33.5 Å². The lowest BCUT2D eigenvalue weighted by atomic mass is 10.1. The first-order valence-electron chi connectivity index (χ1n) is 9.40. The number of carbonyl (C=O) groups is 1. The van der Waals surface area contributed by atoms with E-state index < -0.39 is 0 Å². The Balaban J connectivity index is 1.48.